The van der Waals surface area contributed by atoms with Crippen LogP contribution in [0.2, 0.25) is 0 Å². The summed E-state index contributed by atoms with van der Waals surface area (Å²) in [6.07, 6.45) is 11.0. The maximum absolute atomic E-state index is 13.3. The number of hydrogen-bond donors (Lipinski definition) is 0. The molecule has 3 nitrogen and oxygen atoms in total. The number of unbranched alkanes of at least 4 members (excludes halogenated alkanes) is 2. The van der Waals surface area contributed by atoms with Gasteiger partial charge in [0.1, 0.15) is 5.82 Å². The summed E-state index contributed by atoms with van der Waals surface area (Å²) < 4.78 is 15.3. The van der Waals surface area contributed by atoms with Crippen LogP contribution >= 0.6 is 0 Å². The summed E-state index contributed by atoms with van der Waals surface area (Å²) in [6, 6.07) is 9.63. The molecule has 1 saturated heterocycles. The average Bonchev–Trinajstić information content (AvgIpc) is 3.19. The highest BCUT2D eigenvalue weighted by Gasteiger charge is 2.23. The molecule has 124 valence electrons. The first-order chi connectivity index (χ1) is 11.3. The lowest BCUT2D eigenvalue weighted by Crippen LogP contribution is -2.32. The zero-order valence-electron chi connectivity index (χ0n) is 13.7. The molecule has 3 rings (SSSR count). The Hall–Kier alpha value is -1.68. The van der Waals surface area contributed by atoms with E-state index < -0.39 is 0 Å². The van der Waals surface area contributed by atoms with Crippen LogP contribution in [0.25, 0.3) is 0 Å². The maximum Gasteiger partial charge on any atom is 0.123 e. The Morgan fingerprint density at radius 1 is 1.13 bits per heavy atom. The fourth-order valence-electron chi connectivity index (χ4n) is 3.55. The maximum atomic E-state index is 13.3. The Morgan fingerprint density at radius 3 is 2.87 bits per heavy atom. The zero-order chi connectivity index (χ0) is 15.9. The molecule has 1 atom stereocenters. The molecule has 1 unspecified atom stereocenters. The smallest absolute Gasteiger partial charge is 0.123 e. The predicted octanol–water partition coefficient (Wildman–Crippen LogP) is 3.90. The van der Waals surface area contributed by atoms with Gasteiger partial charge in [-0.2, -0.15) is 5.10 Å². The lowest BCUT2D eigenvalue weighted by atomic mass is 10.0. The summed E-state index contributed by atoms with van der Waals surface area (Å²) >= 11 is 0. The summed E-state index contributed by atoms with van der Waals surface area (Å²) in [5, 5.41) is 4.23. The molecule has 1 aliphatic heterocycles. The van der Waals surface area contributed by atoms with E-state index >= 15 is 0 Å². The fraction of sp³-hybridized carbons (Fsp3) is 0.526. The van der Waals surface area contributed by atoms with E-state index in [0.29, 0.717) is 6.04 Å². The molecule has 1 aromatic heterocycles. The second kappa shape index (κ2) is 8.25. The van der Waals surface area contributed by atoms with Gasteiger partial charge in [0, 0.05) is 25.0 Å². The molecule has 0 bridgehead atoms. The summed E-state index contributed by atoms with van der Waals surface area (Å²) in [6.45, 7) is 3.37. The minimum atomic E-state index is -0.120. The molecule has 0 saturated carbocycles. The van der Waals surface area contributed by atoms with Crippen molar-refractivity contribution in [1.29, 1.82) is 0 Å². The van der Waals surface area contributed by atoms with Gasteiger partial charge in [0.2, 0.25) is 0 Å². The molecule has 1 aromatic carbocycles. The van der Waals surface area contributed by atoms with Gasteiger partial charge < -0.3 is 4.90 Å². The Balaban J connectivity index is 1.38. The number of likely N-dealkylation sites (tertiary alicyclic amines) is 1. The Morgan fingerprint density at radius 2 is 2.04 bits per heavy atom. The zero-order valence-corrected chi connectivity index (χ0v) is 13.7. The number of halogens is 1. The van der Waals surface area contributed by atoms with Crippen LogP contribution in [0.1, 0.15) is 37.7 Å². The van der Waals surface area contributed by atoms with E-state index in [2.05, 4.69) is 10.00 Å². The summed E-state index contributed by atoms with van der Waals surface area (Å²) in [7, 11) is 0. The topological polar surface area (TPSA) is 21.1 Å². The van der Waals surface area contributed by atoms with Crippen LogP contribution in [0, 0.1) is 5.82 Å². The van der Waals surface area contributed by atoms with E-state index in [1.807, 2.05) is 35.3 Å². The Kier molecular flexibility index (Phi) is 5.81. The van der Waals surface area contributed by atoms with E-state index in [9.17, 15) is 4.39 Å². The highest BCUT2D eigenvalue weighted by Crippen LogP contribution is 2.22. The molecular weight excluding hydrogens is 289 g/mol. The number of benzene rings is 1. The standard InChI is InChI=1S/C19H26FN3/c20-18-8-4-7-17(15-18)16-19-9-5-12-22(19)11-2-1-3-13-23-14-6-10-21-23/h4,6-8,10,14-15,19H,1-3,5,9,11-13,16H2. The van der Waals surface area contributed by atoms with Crippen molar-refractivity contribution in [3.05, 3.63) is 54.1 Å². The molecule has 1 aliphatic rings. The second-order valence-corrected chi connectivity index (χ2v) is 6.50. The summed E-state index contributed by atoms with van der Waals surface area (Å²) in [4.78, 5) is 2.60. The van der Waals surface area contributed by atoms with Crippen molar-refractivity contribution in [3.8, 4) is 0 Å². The van der Waals surface area contributed by atoms with E-state index in [-0.39, 0.29) is 5.82 Å². The SMILES string of the molecule is Fc1cccc(CC2CCCN2CCCCCn2cccn2)c1. The quantitative estimate of drug-likeness (QED) is 0.689. The molecule has 0 amide bonds. The van der Waals surface area contributed by atoms with Crippen LogP contribution in [-0.4, -0.2) is 33.8 Å². The number of nitrogens with zero attached hydrogens (tertiary/aromatic N) is 3. The summed E-state index contributed by atoms with van der Waals surface area (Å²) in [5.41, 5.74) is 1.13. The number of rotatable bonds is 8. The fourth-order valence-corrected chi connectivity index (χ4v) is 3.55. The van der Waals surface area contributed by atoms with Gasteiger partial charge in [-0.05, 0) is 69.0 Å². The third-order valence-corrected chi connectivity index (χ3v) is 4.75. The highest BCUT2D eigenvalue weighted by atomic mass is 19.1. The normalized spacial score (nSPS) is 18.6. The molecule has 4 heteroatoms. The molecule has 2 aromatic rings. The third kappa shape index (κ3) is 4.90. The van der Waals surface area contributed by atoms with E-state index in [1.165, 1.54) is 51.3 Å². The molecule has 0 spiro atoms. The summed E-state index contributed by atoms with van der Waals surface area (Å²) in [5.74, 6) is -0.120. The third-order valence-electron chi connectivity index (χ3n) is 4.75. The first kappa shape index (κ1) is 16.2. The van der Waals surface area contributed by atoms with Crippen molar-refractivity contribution in [2.45, 2.75) is 51.1 Å². The van der Waals surface area contributed by atoms with Crippen LogP contribution in [0.4, 0.5) is 4.39 Å². The van der Waals surface area contributed by atoms with Crippen LogP contribution in [0.15, 0.2) is 42.7 Å². The number of aromatic nitrogens is 2. The van der Waals surface area contributed by atoms with Crippen molar-refractivity contribution in [2.24, 2.45) is 0 Å². The number of aryl methyl sites for hydroxylation is 1. The van der Waals surface area contributed by atoms with E-state index in [4.69, 9.17) is 0 Å². The van der Waals surface area contributed by atoms with Crippen molar-refractivity contribution in [1.82, 2.24) is 14.7 Å². The highest BCUT2D eigenvalue weighted by molar-refractivity contribution is 5.17. The van der Waals surface area contributed by atoms with Gasteiger partial charge in [-0.15, -0.1) is 0 Å². The van der Waals surface area contributed by atoms with Crippen molar-refractivity contribution >= 4 is 0 Å². The second-order valence-electron chi connectivity index (χ2n) is 6.50. The minimum absolute atomic E-state index is 0.120. The minimum Gasteiger partial charge on any atom is -0.300 e. The molecule has 1 fully saturated rings. The lowest BCUT2D eigenvalue weighted by molar-refractivity contribution is 0.246. The van der Waals surface area contributed by atoms with Gasteiger partial charge >= 0.3 is 0 Å². The number of hydrogen-bond acceptors (Lipinski definition) is 2. The predicted molar refractivity (Wildman–Crippen MR) is 90.8 cm³/mol. The van der Waals surface area contributed by atoms with Gasteiger partial charge in [-0.1, -0.05) is 18.6 Å². The van der Waals surface area contributed by atoms with Crippen molar-refractivity contribution in [3.63, 3.8) is 0 Å². The Labute approximate surface area is 138 Å². The van der Waals surface area contributed by atoms with E-state index in [1.54, 1.807) is 6.07 Å². The van der Waals surface area contributed by atoms with Crippen LogP contribution < -0.4 is 0 Å². The van der Waals surface area contributed by atoms with Crippen LogP contribution in [0.5, 0.6) is 0 Å². The van der Waals surface area contributed by atoms with Crippen molar-refractivity contribution < 1.29 is 4.39 Å². The Bertz CT molecular complexity index is 582. The monoisotopic (exact) mass is 315 g/mol. The van der Waals surface area contributed by atoms with Crippen LogP contribution in [-0.2, 0) is 13.0 Å². The van der Waals surface area contributed by atoms with Crippen molar-refractivity contribution in [2.75, 3.05) is 13.1 Å². The molecule has 0 radical (unpaired) electrons. The van der Waals surface area contributed by atoms with Gasteiger partial charge in [0.05, 0.1) is 0 Å². The molecule has 0 aliphatic carbocycles. The van der Waals surface area contributed by atoms with Gasteiger partial charge in [0.15, 0.2) is 0 Å². The van der Waals surface area contributed by atoms with Crippen LogP contribution in [0.3, 0.4) is 0 Å². The molecule has 2 heterocycles. The first-order valence-electron chi connectivity index (χ1n) is 8.77. The lowest BCUT2D eigenvalue weighted by Gasteiger charge is -2.24. The average molecular weight is 315 g/mol. The van der Waals surface area contributed by atoms with Gasteiger partial charge in [-0.25, -0.2) is 4.39 Å². The largest absolute Gasteiger partial charge is 0.300 e. The van der Waals surface area contributed by atoms with Gasteiger partial charge in [-0.3, -0.25) is 4.68 Å². The molecule has 23 heavy (non-hydrogen) atoms. The molecule has 0 N–H and O–H groups in total. The first-order valence-corrected chi connectivity index (χ1v) is 8.77. The van der Waals surface area contributed by atoms with Gasteiger partial charge in [0.25, 0.3) is 0 Å². The van der Waals surface area contributed by atoms with E-state index in [0.717, 1.165) is 18.5 Å². The molecular formula is C19H26FN3.